The highest BCUT2D eigenvalue weighted by molar-refractivity contribution is 7.14. The third kappa shape index (κ3) is 4.04. The zero-order valence-electron chi connectivity index (χ0n) is 16.0. The smallest absolute Gasteiger partial charge is 0.338 e. The fourth-order valence-corrected chi connectivity index (χ4v) is 3.67. The van der Waals surface area contributed by atoms with E-state index < -0.39 is 11.9 Å². The Hall–Kier alpha value is -2.80. The fraction of sp³-hybridized carbons (Fsp3) is 0.333. The van der Waals surface area contributed by atoms with Gasteiger partial charge in [0, 0.05) is 11.4 Å². The van der Waals surface area contributed by atoms with Crippen molar-refractivity contribution in [2.75, 3.05) is 13.2 Å². The van der Waals surface area contributed by atoms with E-state index in [4.69, 9.17) is 4.74 Å². The third-order valence-electron chi connectivity index (χ3n) is 4.49. The maximum atomic E-state index is 12.5. The zero-order valence-corrected chi connectivity index (χ0v) is 16.8. The molecule has 28 heavy (non-hydrogen) atoms. The van der Waals surface area contributed by atoms with Gasteiger partial charge in [-0.05, 0) is 49.6 Å². The van der Waals surface area contributed by atoms with Gasteiger partial charge in [-0.3, -0.25) is 19.3 Å². The lowest BCUT2D eigenvalue weighted by atomic mass is 10.1. The van der Waals surface area contributed by atoms with Gasteiger partial charge < -0.3 is 4.74 Å². The van der Waals surface area contributed by atoms with Gasteiger partial charge in [0.05, 0.1) is 21.6 Å². The van der Waals surface area contributed by atoms with Crippen LogP contribution in [0.2, 0.25) is 0 Å². The number of esters is 1. The highest BCUT2D eigenvalue weighted by atomic mass is 32.1. The number of hydrogen-bond donors (Lipinski definition) is 0. The molecule has 2 aromatic rings. The standard InChI is InChI=1S/C21H21NO5S/c1-12(2)8-9-22-19(24)15-6-5-14(10-16(15)20(22)25)21(26)27-11-17(23)18-7-4-13(3)28-18/h4-7,10,12H,8-9,11H2,1-3H3. The maximum absolute atomic E-state index is 12.5. The summed E-state index contributed by atoms with van der Waals surface area (Å²) in [7, 11) is 0. The highest BCUT2D eigenvalue weighted by Gasteiger charge is 2.35. The summed E-state index contributed by atoms with van der Waals surface area (Å²) in [4.78, 5) is 52.1. The molecule has 0 atom stereocenters. The van der Waals surface area contributed by atoms with Crippen LogP contribution < -0.4 is 0 Å². The van der Waals surface area contributed by atoms with E-state index in [0.29, 0.717) is 23.8 Å². The maximum Gasteiger partial charge on any atom is 0.338 e. The second-order valence-electron chi connectivity index (χ2n) is 7.11. The lowest BCUT2D eigenvalue weighted by Gasteiger charge is -2.14. The molecule has 0 unspecified atom stereocenters. The summed E-state index contributed by atoms with van der Waals surface area (Å²) in [5.74, 6) is -1.37. The molecule has 3 rings (SSSR count). The summed E-state index contributed by atoms with van der Waals surface area (Å²) >= 11 is 1.34. The van der Waals surface area contributed by atoms with Crippen LogP contribution in [0.15, 0.2) is 30.3 Å². The normalized spacial score (nSPS) is 13.2. The number of fused-ring (bicyclic) bond motifs is 1. The van der Waals surface area contributed by atoms with Crippen LogP contribution in [-0.4, -0.2) is 41.6 Å². The summed E-state index contributed by atoms with van der Waals surface area (Å²) < 4.78 is 5.09. The minimum Gasteiger partial charge on any atom is -0.454 e. The van der Waals surface area contributed by atoms with E-state index in [-0.39, 0.29) is 35.0 Å². The van der Waals surface area contributed by atoms with E-state index in [1.54, 1.807) is 6.07 Å². The summed E-state index contributed by atoms with van der Waals surface area (Å²) in [5, 5.41) is 0. The molecule has 1 aromatic carbocycles. The van der Waals surface area contributed by atoms with Gasteiger partial charge in [0.2, 0.25) is 5.78 Å². The number of Topliss-reactive ketones (excluding diaryl/α,β-unsaturated/α-hetero) is 1. The molecule has 0 fully saturated rings. The topological polar surface area (TPSA) is 80.8 Å². The molecule has 2 amide bonds. The van der Waals surface area contributed by atoms with Crippen molar-refractivity contribution in [3.05, 3.63) is 56.8 Å². The molecule has 1 aromatic heterocycles. The van der Waals surface area contributed by atoms with Gasteiger partial charge in [-0.2, -0.15) is 0 Å². The van der Waals surface area contributed by atoms with Gasteiger partial charge in [-0.1, -0.05) is 13.8 Å². The van der Waals surface area contributed by atoms with Gasteiger partial charge in [0.1, 0.15) is 0 Å². The molecule has 0 N–H and O–H groups in total. The number of rotatable bonds is 7. The Bertz CT molecular complexity index is 959. The lowest BCUT2D eigenvalue weighted by molar-refractivity contribution is 0.0475. The number of amides is 2. The number of carbonyl (C=O) groups excluding carboxylic acids is 4. The minimum absolute atomic E-state index is 0.140. The first kappa shape index (κ1) is 19.9. The Morgan fingerprint density at radius 2 is 1.79 bits per heavy atom. The molecule has 1 aliphatic rings. The number of ketones is 1. The van der Waals surface area contributed by atoms with Crippen LogP contribution in [0.25, 0.3) is 0 Å². The van der Waals surface area contributed by atoms with Crippen LogP contribution >= 0.6 is 11.3 Å². The lowest BCUT2D eigenvalue weighted by Crippen LogP contribution is -2.31. The highest BCUT2D eigenvalue weighted by Crippen LogP contribution is 2.25. The molecular formula is C21H21NO5S. The summed E-state index contributed by atoms with van der Waals surface area (Å²) in [6.45, 7) is 5.90. The summed E-state index contributed by atoms with van der Waals surface area (Å²) in [5.41, 5.74) is 0.625. The Kier molecular flexibility index (Phi) is 5.74. The number of aryl methyl sites for hydroxylation is 1. The first-order valence-electron chi connectivity index (χ1n) is 9.05. The number of ether oxygens (including phenoxy) is 1. The number of imide groups is 1. The molecule has 0 spiro atoms. The van der Waals surface area contributed by atoms with Crippen molar-refractivity contribution < 1.29 is 23.9 Å². The van der Waals surface area contributed by atoms with Crippen molar-refractivity contribution in [2.24, 2.45) is 5.92 Å². The number of carbonyl (C=O) groups is 4. The quantitative estimate of drug-likeness (QED) is 0.402. The van der Waals surface area contributed by atoms with E-state index in [0.717, 1.165) is 4.88 Å². The predicted octanol–water partition coefficient (Wildman–Crippen LogP) is 3.74. The van der Waals surface area contributed by atoms with Crippen molar-refractivity contribution in [2.45, 2.75) is 27.2 Å². The second-order valence-corrected chi connectivity index (χ2v) is 8.40. The Morgan fingerprint density at radius 1 is 1.07 bits per heavy atom. The molecule has 0 saturated heterocycles. The van der Waals surface area contributed by atoms with Crippen LogP contribution in [0.5, 0.6) is 0 Å². The minimum atomic E-state index is -0.703. The van der Waals surface area contributed by atoms with E-state index >= 15 is 0 Å². The first-order chi connectivity index (χ1) is 13.3. The van der Waals surface area contributed by atoms with E-state index in [1.165, 1.54) is 34.4 Å². The SMILES string of the molecule is Cc1ccc(C(=O)COC(=O)c2ccc3c(c2)C(=O)N(CCC(C)C)C3=O)s1. The molecular weight excluding hydrogens is 378 g/mol. The van der Waals surface area contributed by atoms with Crippen LogP contribution in [0.1, 0.15) is 65.9 Å². The average molecular weight is 399 g/mol. The average Bonchev–Trinajstić information content (AvgIpc) is 3.20. The summed E-state index contributed by atoms with van der Waals surface area (Å²) in [6.07, 6.45) is 0.713. The molecule has 0 aliphatic carbocycles. The predicted molar refractivity (Wildman–Crippen MR) is 105 cm³/mol. The van der Waals surface area contributed by atoms with E-state index in [1.807, 2.05) is 26.8 Å². The van der Waals surface area contributed by atoms with E-state index in [9.17, 15) is 19.2 Å². The van der Waals surface area contributed by atoms with E-state index in [2.05, 4.69) is 0 Å². The van der Waals surface area contributed by atoms with Crippen molar-refractivity contribution in [1.29, 1.82) is 0 Å². The fourth-order valence-electron chi connectivity index (χ4n) is 2.88. The summed E-state index contributed by atoms with van der Waals surface area (Å²) in [6, 6.07) is 7.80. The largest absolute Gasteiger partial charge is 0.454 e. The molecule has 6 nitrogen and oxygen atoms in total. The molecule has 146 valence electrons. The van der Waals surface area contributed by atoms with Crippen molar-refractivity contribution in [3.63, 3.8) is 0 Å². The molecule has 7 heteroatoms. The Balaban J connectivity index is 1.69. The van der Waals surface area contributed by atoms with Crippen LogP contribution in [0.3, 0.4) is 0 Å². The van der Waals surface area contributed by atoms with Gasteiger partial charge in [0.25, 0.3) is 11.8 Å². The molecule has 1 aliphatic heterocycles. The number of nitrogens with zero attached hydrogens (tertiary/aromatic N) is 1. The van der Waals surface area contributed by atoms with Gasteiger partial charge in [-0.15, -0.1) is 11.3 Å². The first-order valence-corrected chi connectivity index (χ1v) is 9.86. The van der Waals surface area contributed by atoms with Crippen LogP contribution in [-0.2, 0) is 4.74 Å². The third-order valence-corrected chi connectivity index (χ3v) is 5.53. The van der Waals surface area contributed by atoms with Gasteiger partial charge >= 0.3 is 5.97 Å². The molecule has 0 bridgehead atoms. The number of thiophene rings is 1. The molecule has 0 radical (unpaired) electrons. The van der Waals surface area contributed by atoms with Gasteiger partial charge in [-0.25, -0.2) is 4.79 Å². The van der Waals surface area contributed by atoms with Crippen LogP contribution in [0, 0.1) is 12.8 Å². The monoisotopic (exact) mass is 399 g/mol. The van der Waals surface area contributed by atoms with Crippen molar-refractivity contribution in [1.82, 2.24) is 4.90 Å². The van der Waals surface area contributed by atoms with Crippen molar-refractivity contribution in [3.8, 4) is 0 Å². The Labute approximate surface area is 167 Å². The van der Waals surface area contributed by atoms with Crippen molar-refractivity contribution >= 4 is 34.9 Å². The molecule has 0 saturated carbocycles. The second kappa shape index (κ2) is 8.06. The van der Waals surface area contributed by atoms with Gasteiger partial charge in [0.15, 0.2) is 6.61 Å². The number of benzene rings is 1. The van der Waals surface area contributed by atoms with Crippen LogP contribution in [0.4, 0.5) is 0 Å². The number of hydrogen-bond acceptors (Lipinski definition) is 6. The molecule has 2 heterocycles. The Morgan fingerprint density at radius 3 is 2.43 bits per heavy atom. The zero-order chi connectivity index (χ0) is 20.4.